The molecule has 2 N–H and O–H groups in total. The van der Waals surface area contributed by atoms with E-state index in [1.54, 1.807) is 0 Å². The third kappa shape index (κ3) is 6.19. The van der Waals surface area contributed by atoms with Gasteiger partial charge in [-0.1, -0.05) is 12.1 Å². The van der Waals surface area contributed by atoms with Gasteiger partial charge in [0.05, 0.1) is 26.2 Å². The van der Waals surface area contributed by atoms with E-state index in [9.17, 15) is 22.8 Å². The molecule has 26 heavy (non-hydrogen) atoms. The fourth-order valence-corrected chi connectivity index (χ4v) is 2.40. The van der Waals surface area contributed by atoms with Gasteiger partial charge in [-0.05, 0) is 17.7 Å². The molecule has 2 unspecified atom stereocenters. The third-order valence-corrected chi connectivity index (χ3v) is 3.65. The number of morpholine rings is 1. The largest absolute Gasteiger partial charge is 0.573 e. The molecule has 0 aromatic heterocycles. The van der Waals surface area contributed by atoms with Crippen LogP contribution in [0.4, 0.5) is 13.2 Å². The summed E-state index contributed by atoms with van der Waals surface area (Å²) in [6, 6.07) is 4.13. The smallest absolute Gasteiger partial charge is 0.469 e. The Bertz CT molecular complexity index is 615. The SMILES string of the molecule is COC(=O)CC(NC(=O)C1CNCCO1)c1ccc(OC(F)(F)F)cc1. The normalized spacial score (nSPS) is 18.7. The van der Waals surface area contributed by atoms with Crippen molar-refractivity contribution in [3.05, 3.63) is 29.8 Å². The van der Waals surface area contributed by atoms with E-state index < -0.39 is 36.1 Å². The Hall–Kier alpha value is -2.33. The highest BCUT2D eigenvalue weighted by Gasteiger charge is 2.31. The zero-order valence-electron chi connectivity index (χ0n) is 14.0. The van der Waals surface area contributed by atoms with Crippen LogP contribution in [0.5, 0.6) is 5.75 Å². The Morgan fingerprint density at radius 1 is 1.35 bits per heavy atom. The van der Waals surface area contributed by atoms with Crippen LogP contribution in [0.25, 0.3) is 0 Å². The predicted octanol–water partition coefficient (Wildman–Crippen LogP) is 1.29. The van der Waals surface area contributed by atoms with Gasteiger partial charge in [-0.3, -0.25) is 9.59 Å². The number of nitrogens with one attached hydrogen (secondary N) is 2. The number of methoxy groups -OCH3 is 1. The molecule has 1 aliphatic rings. The van der Waals surface area contributed by atoms with Crippen molar-refractivity contribution in [3.63, 3.8) is 0 Å². The summed E-state index contributed by atoms with van der Waals surface area (Å²) in [6.07, 6.45) is -5.69. The van der Waals surface area contributed by atoms with Gasteiger partial charge in [-0.15, -0.1) is 13.2 Å². The van der Waals surface area contributed by atoms with E-state index in [2.05, 4.69) is 20.1 Å². The van der Waals surface area contributed by atoms with Crippen molar-refractivity contribution in [1.82, 2.24) is 10.6 Å². The molecule has 0 radical (unpaired) electrons. The van der Waals surface area contributed by atoms with Crippen LogP contribution in [0.2, 0.25) is 0 Å². The van der Waals surface area contributed by atoms with E-state index in [1.165, 1.54) is 19.2 Å². The molecule has 0 saturated carbocycles. The minimum Gasteiger partial charge on any atom is -0.469 e. The zero-order chi connectivity index (χ0) is 19.2. The van der Waals surface area contributed by atoms with E-state index in [0.717, 1.165) is 12.1 Å². The maximum Gasteiger partial charge on any atom is 0.573 e. The average molecular weight is 376 g/mol. The van der Waals surface area contributed by atoms with Gasteiger partial charge in [-0.25, -0.2) is 0 Å². The van der Waals surface area contributed by atoms with Gasteiger partial charge in [0.2, 0.25) is 0 Å². The van der Waals surface area contributed by atoms with Crippen LogP contribution in [0.3, 0.4) is 0 Å². The number of hydrogen-bond acceptors (Lipinski definition) is 6. The Balaban J connectivity index is 2.10. The van der Waals surface area contributed by atoms with Gasteiger partial charge < -0.3 is 24.8 Å². The highest BCUT2D eigenvalue weighted by atomic mass is 19.4. The number of carbonyl (C=O) groups excluding carboxylic acids is 2. The molecule has 2 atom stereocenters. The minimum atomic E-state index is -4.80. The van der Waals surface area contributed by atoms with Crippen LogP contribution < -0.4 is 15.4 Å². The maximum atomic E-state index is 12.3. The first-order valence-corrected chi connectivity index (χ1v) is 7.83. The van der Waals surface area contributed by atoms with Gasteiger partial charge in [0.25, 0.3) is 5.91 Å². The first-order chi connectivity index (χ1) is 12.3. The van der Waals surface area contributed by atoms with Crippen LogP contribution in [-0.4, -0.2) is 51.1 Å². The summed E-state index contributed by atoms with van der Waals surface area (Å²) < 4.78 is 50.5. The maximum absolute atomic E-state index is 12.3. The quantitative estimate of drug-likeness (QED) is 0.728. The summed E-state index contributed by atoms with van der Waals surface area (Å²) in [6.45, 7) is 1.34. The number of benzene rings is 1. The van der Waals surface area contributed by atoms with E-state index in [1.807, 2.05) is 0 Å². The molecule has 10 heteroatoms. The van der Waals surface area contributed by atoms with Gasteiger partial charge in [0.15, 0.2) is 0 Å². The Labute approximate surface area is 147 Å². The van der Waals surface area contributed by atoms with Crippen molar-refractivity contribution >= 4 is 11.9 Å². The third-order valence-electron chi connectivity index (χ3n) is 3.65. The Morgan fingerprint density at radius 3 is 2.58 bits per heavy atom. The molecular formula is C16H19F3N2O5. The molecule has 1 aliphatic heterocycles. The number of amides is 1. The minimum absolute atomic E-state index is 0.179. The molecule has 144 valence electrons. The molecule has 0 bridgehead atoms. The van der Waals surface area contributed by atoms with Gasteiger partial charge >= 0.3 is 12.3 Å². The standard InChI is InChI=1S/C16H19F3N2O5/c1-24-14(22)8-12(21-15(23)13-9-20-6-7-25-13)10-2-4-11(5-3-10)26-16(17,18)19/h2-5,12-13,20H,6-9H2,1H3,(H,21,23). The molecule has 1 heterocycles. The van der Waals surface area contributed by atoms with Gasteiger partial charge in [0, 0.05) is 13.1 Å². The number of hydrogen-bond donors (Lipinski definition) is 2. The van der Waals surface area contributed by atoms with Crippen LogP contribution in [0, 0.1) is 0 Å². The number of ether oxygens (including phenoxy) is 3. The molecule has 0 spiro atoms. The second-order valence-corrected chi connectivity index (χ2v) is 5.52. The van der Waals surface area contributed by atoms with Crippen molar-refractivity contribution in [2.24, 2.45) is 0 Å². The van der Waals surface area contributed by atoms with Crippen molar-refractivity contribution in [1.29, 1.82) is 0 Å². The molecule has 1 aromatic carbocycles. The van der Waals surface area contributed by atoms with Crippen LogP contribution in [0.1, 0.15) is 18.0 Å². The second-order valence-electron chi connectivity index (χ2n) is 5.52. The lowest BCUT2D eigenvalue weighted by molar-refractivity contribution is -0.274. The average Bonchev–Trinajstić information content (AvgIpc) is 2.61. The summed E-state index contributed by atoms with van der Waals surface area (Å²) in [4.78, 5) is 23.9. The topological polar surface area (TPSA) is 85.9 Å². The Morgan fingerprint density at radius 2 is 2.04 bits per heavy atom. The first kappa shape index (κ1) is 20.0. The zero-order valence-corrected chi connectivity index (χ0v) is 14.0. The number of esters is 1. The van der Waals surface area contributed by atoms with Crippen molar-refractivity contribution in [2.45, 2.75) is 24.9 Å². The molecule has 1 saturated heterocycles. The van der Waals surface area contributed by atoms with Crippen LogP contribution >= 0.6 is 0 Å². The van der Waals surface area contributed by atoms with Crippen LogP contribution in [0.15, 0.2) is 24.3 Å². The first-order valence-electron chi connectivity index (χ1n) is 7.83. The molecule has 0 aliphatic carbocycles. The number of carbonyl (C=O) groups is 2. The highest BCUT2D eigenvalue weighted by molar-refractivity contribution is 5.82. The molecule has 2 rings (SSSR count). The summed E-state index contributed by atoms with van der Waals surface area (Å²) in [5.41, 5.74) is 0.432. The lowest BCUT2D eigenvalue weighted by Crippen LogP contribution is -2.48. The summed E-state index contributed by atoms with van der Waals surface area (Å²) in [5.74, 6) is -1.40. The van der Waals surface area contributed by atoms with Gasteiger partial charge in [-0.2, -0.15) is 0 Å². The van der Waals surface area contributed by atoms with Crippen molar-refractivity contribution < 1.29 is 37.0 Å². The number of halogens is 3. The summed E-state index contributed by atoms with van der Waals surface area (Å²) in [5, 5.41) is 5.68. The Kier molecular flexibility index (Phi) is 6.81. The molecule has 1 aromatic rings. The summed E-state index contributed by atoms with van der Waals surface area (Å²) in [7, 11) is 1.20. The monoisotopic (exact) mass is 376 g/mol. The molecule has 1 amide bonds. The van der Waals surface area contributed by atoms with E-state index in [0.29, 0.717) is 25.3 Å². The molecule has 1 fully saturated rings. The van der Waals surface area contributed by atoms with Gasteiger partial charge in [0.1, 0.15) is 11.9 Å². The molecular weight excluding hydrogens is 357 g/mol. The summed E-state index contributed by atoms with van der Waals surface area (Å²) >= 11 is 0. The predicted molar refractivity (Wildman–Crippen MR) is 83.3 cm³/mol. The van der Waals surface area contributed by atoms with E-state index in [-0.39, 0.29) is 6.42 Å². The molecule has 7 nitrogen and oxygen atoms in total. The number of rotatable bonds is 6. The lowest BCUT2D eigenvalue weighted by atomic mass is 10.0. The van der Waals surface area contributed by atoms with Crippen molar-refractivity contribution in [3.8, 4) is 5.75 Å². The lowest BCUT2D eigenvalue weighted by Gasteiger charge is -2.26. The van der Waals surface area contributed by atoms with Crippen molar-refractivity contribution in [2.75, 3.05) is 26.8 Å². The number of alkyl halides is 3. The van der Waals surface area contributed by atoms with Crippen LogP contribution in [-0.2, 0) is 19.1 Å². The second kappa shape index (κ2) is 8.86. The van der Waals surface area contributed by atoms with E-state index in [4.69, 9.17) is 4.74 Å². The fraction of sp³-hybridized carbons (Fsp3) is 0.500. The highest BCUT2D eigenvalue weighted by Crippen LogP contribution is 2.25. The van der Waals surface area contributed by atoms with E-state index >= 15 is 0 Å². The fourth-order valence-electron chi connectivity index (χ4n) is 2.40.